The van der Waals surface area contributed by atoms with E-state index in [1.54, 1.807) is 0 Å². The lowest BCUT2D eigenvalue weighted by molar-refractivity contribution is 0.149. The van der Waals surface area contributed by atoms with Crippen LogP contribution in [0.3, 0.4) is 0 Å². The summed E-state index contributed by atoms with van der Waals surface area (Å²) in [4.78, 5) is 0. The molecule has 0 atom stereocenters. The van der Waals surface area contributed by atoms with Gasteiger partial charge in [-0.25, -0.2) is 0 Å². The van der Waals surface area contributed by atoms with E-state index < -0.39 is 0 Å². The second-order valence-corrected chi connectivity index (χ2v) is 1.19. The Morgan fingerprint density at radius 3 is 1.62 bits per heavy atom. The predicted octanol–water partition coefficient (Wildman–Crippen LogP) is -0.443. The molecule has 0 aromatic rings. The third-order valence-corrected chi connectivity index (χ3v) is 0.524. The van der Waals surface area contributed by atoms with Crippen molar-refractivity contribution in [1.29, 1.82) is 0 Å². The first-order valence-electron chi connectivity index (χ1n) is 2.39. The van der Waals surface area contributed by atoms with Crippen molar-refractivity contribution in [3.05, 3.63) is 0 Å². The number of hydrogen-bond acceptors (Lipinski definition) is 3. The first-order valence-corrected chi connectivity index (χ1v) is 2.39. The highest BCUT2D eigenvalue weighted by Gasteiger charge is 1.77. The molecule has 0 fully saturated rings. The molecule has 0 unspecified atom stereocenters. The lowest BCUT2D eigenvalue weighted by Gasteiger charge is -1.95. The van der Waals surface area contributed by atoms with Crippen LogP contribution in [0.15, 0.2) is 0 Å². The maximum atomic E-state index is 5.10. The summed E-state index contributed by atoms with van der Waals surface area (Å²) in [5.41, 5.74) is 10.2. The van der Waals surface area contributed by atoms with Crippen LogP contribution < -0.4 is 11.5 Å². The van der Waals surface area contributed by atoms with Gasteiger partial charge in [0.1, 0.15) is 0 Å². The summed E-state index contributed by atoms with van der Waals surface area (Å²) in [6.07, 6.45) is 0. The first-order chi connectivity index (χ1) is 3.41. The molecule has 0 rings (SSSR count). The van der Waals surface area contributed by atoms with Crippen LogP contribution in [0.2, 0.25) is 0 Å². The van der Waals surface area contributed by atoms with Gasteiger partial charge in [0.15, 0.2) is 0 Å². The molecule has 0 heterocycles. The molecule has 0 saturated carbocycles. The molecule has 0 aliphatic carbocycles. The Balaban J connectivity index is 0. The maximum absolute atomic E-state index is 5.10. The molecule has 3 heteroatoms. The summed E-state index contributed by atoms with van der Waals surface area (Å²) >= 11 is 0. The van der Waals surface area contributed by atoms with Crippen molar-refractivity contribution >= 4 is 0 Å². The fraction of sp³-hybridized carbons (Fsp3) is 1.00. The van der Waals surface area contributed by atoms with Gasteiger partial charge in [0, 0.05) is 13.1 Å². The van der Waals surface area contributed by atoms with Crippen molar-refractivity contribution in [2.75, 3.05) is 26.3 Å². The zero-order valence-electron chi connectivity index (χ0n) is 4.39. The minimum Gasteiger partial charge on any atom is -0.379 e. The van der Waals surface area contributed by atoms with Crippen LogP contribution in [0.4, 0.5) is 0 Å². The number of nitrogens with two attached hydrogens (primary N) is 2. The van der Waals surface area contributed by atoms with Crippen LogP contribution in [0.25, 0.3) is 0 Å². The van der Waals surface area contributed by atoms with E-state index >= 15 is 0 Å². The molecule has 0 aliphatic rings. The largest absolute Gasteiger partial charge is 0.379 e. The van der Waals surface area contributed by atoms with Gasteiger partial charge in [0.05, 0.1) is 13.2 Å². The van der Waals surface area contributed by atoms with Gasteiger partial charge in [-0.15, -0.1) is 0 Å². The van der Waals surface area contributed by atoms with Crippen LogP contribution in [0.5, 0.6) is 0 Å². The summed E-state index contributed by atoms with van der Waals surface area (Å²) in [5, 5.41) is 0. The second-order valence-electron chi connectivity index (χ2n) is 1.19. The van der Waals surface area contributed by atoms with Gasteiger partial charge in [-0.3, -0.25) is 0 Å². The van der Waals surface area contributed by atoms with Crippen molar-refractivity contribution in [2.24, 2.45) is 11.5 Å². The van der Waals surface area contributed by atoms with Crippen molar-refractivity contribution in [1.82, 2.24) is 0 Å². The van der Waals surface area contributed by atoms with Gasteiger partial charge in [-0.2, -0.15) is 0 Å². The van der Waals surface area contributed by atoms with E-state index in [0.717, 1.165) is 0 Å². The molecule has 0 spiro atoms. The summed E-state index contributed by atoms with van der Waals surface area (Å²) in [6, 6.07) is 0. The van der Waals surface area contributed by atoms with Crippen LogP contribution in [-0.2, 0) is 4.74 Å². The molecule has 0 bridgehead atoms. The van der Waals surface area contributed by atoms with Gasteiger partial charge in [0.2, 0.25) is 0 Å². The highest BCUT2D eigenvalue weighted by molar-refractivity contribution is 4.31. The summed E-state index contributed by atoms with van der Waals surface area (Å²) in [5.74, 6) is 0. The molecule has 52 valence electrons. The Labute approximate surface area is 51.0 Å². The fourth-order valence-corrected chi connectivity index (χ4v) is 0.269. The van der Waals surface area contributed by atoms with Gasteiger partial charge < -0.3 is 16.2 Å². The van der Waals surface area contributed by atoms with Crippen molar-refractivity contribution in [2.45, 2.75) is 7.43 Å². The van der Waals surface area contributed by atoms with E-state index in [-0.39, 0.29) is 7.43 Å². The molecule has 4 N–H and O–H groups in total. The van der Waals surface area contributed by atoms with Crippen LogP contribution in [-0.4, -0.2) is 26.3 Å². The Bertz CT molecular complexity index is 29.6. The van der Waals surface area contributed by atoms with E-state index in [4.69, 9.17) is 16.2 Å². The summed E-state index contributed by atoms with van der Waals surface area (Å²) < 4.78 is 4.88. The van der Waals surface area contributed by atoms with Gasteiger partial charge in [0.25, 0.3) is 0 Å². The average molecular weight is 120 g/mol. The van der Waals surface area contributed by atoms with Crippen molar-refractivity contribution in [3.63, 3.8) is 0 Å². The quantitative estimate of drug-likeness (QED) is 0.494. The minimum absolute atomic E-state index is 0. The minimum atomic E-state index is 0. The topological polar surface area (TPSA) is 61.3 Å². The maximum Gasteiger partial charge on any atom is 0.0589 e. The normalized spacial score (nSPS) is 8.25. The molecule has 0 saturated heterocycles. The van der Waals surface area contributed by atoms with Crippen LogP contribution >= 0.6 is 0 Å². The molecule has 0 radical (unpaired) electrons. The first kappa shape index (κ1) is 10.8. The SMILES string of the molecule is C.NCCOCCN. The predicted molar refractivity (Wildman–Crippen MR) is 35.7 cm³/mol. The zero-order chi connectivity index (χ0) is 5.54. The van der Waals surface area contributed by atoms with E-state index in [0.29, 0.717) is 26.3 Å². The Kier molecular flexibility index (Phi) is 13.5. The number of ether oxygens (including phenoxy) is 1. The van der Waals surface area contributed by atoms with Crippen LogP contribution in [0.1, 0.15) is 7.43 Å². The number of rotatable bonds is 4. The standard InChI is InChI=1S/C4H12N2O.CH4/c5-1-3-7-4-2-6;/h1-6H2;1H4. The van der Waals surface area contributed by atoms with E-state index in [2.05, 4.69) is 0 Å². The summed E-state index contributed by atoms with van der Waals surface area (Å²) in [6.45, 7) is 2.41. The molecule has 8 heavy (non-hydrogen) atoms. The molecule has 0 aliphatic heterocycles. The molecule has 0 aromatic heterocycles. The fourth-order valence-electron chi connectivity index (χ4n) is 0.269. The molecular formula is C5H16N2O. The monoisotopic (exact) mass is 120 g/mol. The van der Waals surface area contributed by atoms with E-state index in [9.17, 15) is 0 Å². The molecule has 0 amide bonds. The van der Waals surface area contributed by atoms with Gasteiger partial charge in [-0.05, 0) is 0 Å². The lowest BCUT2D eigenvalue weighted by Crippen LogP contribution is -2.13. The van der Waals surface area contributed by atoms with Crippen molar-refractivity contribution < 1.29 is 4.74 Å². The molecule has 0 aromatic carbocycles. The van der Waals surface area contributed by atoms with E-state index in [1.165, 1.54) is 0 Å². The van der Waals surface area contributed by atoms with Crippen LogP contribution in [0, 0.1) is 0 Å². The Hall–Kier alpha value is -0.120. The highest BCUT2D eigenvalue weighted by Crippen LogP contribution is 1.65. The zero-order valence-corrected chi connectivity index (χ0v) is 4.39. The van der Waals surface area contributed by atoms with Crippen molar-refractivity contribution in [3.8, 4) is 0 Å². The smallest absolute Gasteiger partial charge is 0.0589 e. The lowest BCUT2D eigenvalue weighted by atomic mass is 10.7. The highest BCUT2D eigenvalue weighted by atomic mass is 16.5. The molecular weight excluding hydrogens is 104 g/mol. The third-order valence-electron chi connectivity index (χ3n) is 0.524. The average Bonchev–Trinajstić information content (AvgIpc) is 1.69. The van der Waals surface area contributed by atoms with Gasteiger partial charge in [-0.1, -0.05) is 7.43 Å². The van der Waals surface area contributed by atoms with E-state index in [1.807, 2.05) is 0 Å². The Morgan fingerprint density at radius 1 is 1.00 bits per heavy atom. The second kappa shape index (κ2) is 9.99. The summed E-state index contributed by atoms with van der Waals surface area (Å²) in [7, 11) is 0. The number of hydrogen-bond donors (Lipinski definition) is 2. The third kappa shape index (κ3) is 9.30. The van der Waals surface area contributed by atoms with Gasteiger partial charge >= 0.3 is 0 Å². The Morgan fingerprint density at radius 2 is 1.38 bits per heavy atom. The molecule has 3 nitrogen and oxygen atoms in total.